The fourth-order valence-corrected chi connectivity index (χ4v) is 17.7. The molecule has 0 unspecified atom stereocenters. The van der Waals surface area contributed by atoms with Crippen molar-refractivity contribution in [2.45, 2.75) is 44.2 Å². The highest BCUT2D eigenvalue weighted by atomic mass is 32.2. The first-order valence-corrected chi connectivity index (χ1v) is 14.9. The molecule has 9 heteroatoms. The summed E-state index contributed by atoms with van der Waals surface area (Å²) in [5.41, 5.74) is -0.110. The van der Waals surface area contributed by atoms with Crippen LogP contribution in [0.1, 0.15) is 0 Å². The number of nitrogens with zero attached hydrogens (tertiary/aromatic N) is 2. The summed E-state index contributed by atoms with van der Waals surface area (Å²) in [6.45, 7) is 12.0. The highest BCUT2D eigenvalue weighted by Gasteiger charge is 2.43. The van der Waals surface area contributed by atoms with Gasteiger partial charge in [-0.2, -0.15) is 0 Å². The van der Waals surface area contributed by atoms with Crippen LogP contribution in [-0.2, 0) is 10.0 Å². The van der Waals surface area contributed by atoms with Crippen molar-refractivity contribution in [3.05, 3.63) is 34.4 Å². The van der Waals surface area contributed by atoms with Crippen molar-refractivity contribution in [3.63, 3.8) is 0 Å². The quantitative estimate of drug-likeness (QED) is 0.465. The summed E-state index contributed by atoms with van der Waals surface area (Å²) in [5, 5.41) is 10.7. The molecule has 6 nitrogen and oxygen atoms in total. The Morgan fingerprint density at radius 3 is 1.62 bits per heavy atom. The van der Waals surface area contributed by atoms with E-state index in [1.54, 1.807) is 3.64 Å². The molecule has 0 bridgehead atoms. The first-order chi connectivity index (χ1) is 9.28. The molecule has 1 aromatic carbocycles. The summed E-state index contributed by atoms with van der Waals surface area (Å²) in [5.74, 6) is 0. The maximum atomic E-state index is 12.9. The Balaban J connectivity index is 3.40. The molecule has 0 aliphatic heterocycles. The fourth-order valence-electron chi connectivity index (χ4n) is 2.57. The van der Waals surface area contributed by atoms with Crippen molar-refractivity contribution < 1.29 is 13.3 Å². The van der Waals surface area contributed by atoms with Crippen molar-refractivity contribution in [2.24, 2.45) is 0 Å². The minimum absolute atomic E-state index is 0.110. The molecule has 1 rings (SSSR count). The Kier molecular flexibility index (Phi) is 4.83. The number of rotatable bonds is 5. The Morgan fingerprint density at radius 1 is 0.952 bits per heavy atom. The van der Waals surface area contributed by atoms with Gasteiger partial charge in [0.05, 0.1) is 9.82 Å². The SMILES string of the molecule is C[Si](C)(C)N([Si](C)(C)C)S(=O)(=O)c1ccc([N+](=O)[O-])cc1. The smallest absolute Gasteiger partial charge is 0.258 e. The molecule has 0 spiro atoms. The van der Waals surface area contributed by atoms with Gasteiger partial charge in [-0.25, -0.2) is 12.1 Å². The van der Waals surface area contributed by atoms with Gasteiger partial charge in [-0.15, -0.1) is 0 Å². The maximum absolute atomic E-state index is 12.9. The molecular formula is C12H22N2O4SSi2. The van der Waals surface area contributed by atoms with Crippen LogP contribution in [0.3, 0.4) is 0 Å². The molecule has 0 saturated heterocycles. The van der Waals surface area contributed by atoms with Crippen LogP contribution >= 0.6 is 0 Å². The zero-order valence-corrected chi connectivity index (χ0v) is 16.1. The van der Waals surface area contributed by atoms with E-state index in [0.717, 1.165) is 0 Å². The molecule has 21 heavy (non-hydrogen) atoms. The Bertz CT molecular complexity index is 617. The third-order valence-electron chi connectivity index (χ3n) is 2.80. The molecule has 0 saturated carbocycles. The number of hydrogen-bond acceptors (Lipinski definition) is 4. The van der Waals surface area contributed by atoms with Crippen molar-refractivity contribution in [3.8, 4) is 0 Å². The third-order valence-corrected chi connectivity index (χ3v) is 15.3. The van der Waals surface area contributed by atoms with Gasteiger partial charge in [-0.3, -0.25) is 10.1 Å². The second-order valence-electron chi connectivity index (χ2n) is 6.86. The number of benzene rings is 1. The van der Waals surface area contributed by atoms with E-state index in [1.807, 2.05) is 39.3 Å². The lowest BCUT2D eigenvalue weighted by atomic mass is 10.3. The largest absolute Gasteiger partial charge is 0.269 e. The first-order valence-electron chi connectivity index (χ1n) is 6.58. The van der Waals surface area contributed by atoms with Gasteiger partial charge >= 0.3 is 0 Å². The Hall–Kier alpha value is -1.04. The van der Waals surface area contributed by atoms with E-state index in [1.165, 1.54) is 24.3 Å². The fraction of sp³-hybridized carbons (Fsp3) is 0.500. The molecule has 0 atom stereocenters. The molecule has 0 aliphatic carbocycles. The second kappa shape index (κ2) is 5.63. The van der Waals surface area contributed by atoms with E-state index in [2.05, 4.69) is 0 Å². The standard InChI is InChI=1S/C12H22N2O4SSi2/c1-20(2,3)14(21(4,5)6)19(17,18)12-9-7-11(8-10-12)13(15)16/h7-10H,1-6H3. The second-order valence-corrected chi connectivity index (χ2v) is 19.3. The van der Waals surface area contributed by atoms with E-state index in [4.69, 9.17) is 0 Å². The minimum Gasteiger partial charge on any atom is -0.258 e. The molecule has 1 aromatic rings. The molecular weight excluding hydrogens is 324 g/mol. The van der Waals surface area contributed by atoms with Gasteiger partial charge in [0.25, 0.3) is 5.69 Å². The summed E-state index contributed by atoms with van der Waals surface area (Å²) in [7, 11) is -7.83. The van der Waals surface area contributed by atoms with Crippen LogP contribution < -0.4 is 0 Å². The highest BCUT2D eigenvalue weighted by molar-refractivity contribution is 7.92. The number of non-ortho nitro benzene ring substituents is 1. The van der Waals surface area contributed by atoms with Crippen LogP contribution in [0, 0.1) is 10.1 Å². The molecule has 0 aromatic heterocycles. The van der Waals surface area contributed by atoms with E-state index >= 15 is 0 Å². The average Bonchev–Trinajstić information content (AvgIpc) is 2.24. The maximum Gasteiger partial charge on any atom is 0.269 e. The lowest BCUT2D eigenvalue weighted by Gasteiger charge is -2.41. The number of sulfonamides is 1. The van der Waals surface area contributed by atoms with E-state index in [-0.39, 0.29) is 10.6 Å². The zero-order valence-electron chi connectivity index (χ0n) is 13.2. The van der Waals surface area contributed by atoms with E-state index in [0.29, 0.717) is 0 Å². The lowest BCUT2D eigenvalue weighted by Crippen LogP contribution is -2.61. The summed E-state index contributed by atoms with van der Waals surface area (Å²) >= 11 is 0. The predicted molar refractivity (Wildman–Crippen MR) is 88.8 cm³/mol. The summed E-state index contributed by atoms with van der Waals surface area (Å²) < 4.78 is 27.6. The summed E-state index contributed by atoms with van der Waals surface area (Å²) in [4.78, 5) is 10.3. The van der Waals surface area contributed by atoms with Gasteiger partial charge in [0.1, 0.15) is 16.5 Å². The highest BCUT2D eigenvalue weighted by Crippen LogP contribution is 2.29. The van der Waals surface area contributed by atoms with Crippen molar-refractivity contribution in [2.75, 3.05) is 0 Å². The molecule has 0 fully saturated rings. The summed E-state index contributed by atoms with van der Waals surface area (Å²) in [6, 6.07) is 5.11. The normalized spacial score (nSPS) is 13.5. The van der Waals surface area contributed by atoms with Gasteiger partial charge in [-0.1, -0.05) is 39.3 Å². The Labute approximate surface area is 128 Å². The zero-order chi connectivity index (χ0) is 16.6. The topological polar surface area (TPSA) is 80.5 Å². The number of nitro benzene ring substituents is 1. The molecule has 0 radical (unpaired) electrons. The Morgan fingerprint density at radius 2 is 1.33 bits per heavy atom. The predicted octanol–water partition coefficient (Wildman–Crippen LogP) is 3.26. The third kappa shape index (κ3) is 3.99. The molecule has 0 aliphatic rings. The average molecular weight is 347 g/mol. The van der Waals surface area contributed by atoms with Crippen LogP contribution in [0.4, 0.5) is 5.69 Å². The number of nitro groups is 1. The van der Waals surface area contributed by atoms with Gasteiger partial charge in [-0.05, 0) is 12.1 Å². The van der Waals surface area contributed by atoms with Crippen LogP contribution in [0.25, 0.3) is 0 Å². The number of hydrogen-bond donors (Lipinski definition) is 0. The van der Waals surface area contributed by atoms with Gasteiger partial charge < -0.3 is 0 Å². The van der Waals surface area contributed by atoms with Crippen molar-refractivity contribution in [1.82, 2.24) is 3.64 Å². The van der Waals surface area contributed by atoms with Crippen molar-refractivity contribution in [1.29, 1.82) is 0 Å². The first kappa shape index (κ1) is 18.0. The van der Waals surface area contributed by atoms with Crippen molar-refractivity contribution >= 4 is 32.2 Å². The lowest BCUT2D eigenvalue weighted by molar-refractivity contribution is -0.384. The van der Waals surface area contributed by atoms with Gasteiger partial charge in [0.2, 0.25) is 10.0 Å². The van der Waals surface area contributed by atoms with E-state index < -0.39 is 31.4 Å². The van der Waals surface area contributed by atoms with Crippen LogP contribution in [0.5, 0.6) is 0 Å². The molecule has 0 amide bonds. The van der Waals surface area contributed by atoms with Gasteiger partial charge in [0, 0.05) is 12.1 Å². The van der Waals surface area contributed by atoms with E-state index in [9.17, 15) is 18.5 Å². The monoisotopic (exact) mass is 346 g/mol. The molecule has 118 valence electrons. The summed E-state index contributed by atoms with van der Waals surface area (Å²) in [6.07, 6.45) is 0. The van der Waals surface area contributed by atoms with Gasteiger partial charge in [0.15, 0.2) is 0 Å². The molecule has 0 N–H and O–H groups in total. The molecule has 0 heterocycles. The minimum atomic E-state index is -3.62. The van der Waals surface area contributed by atoms with Crippen LogP contribution in [0.15, 0.2) is 29.2 Å². The van der Waals surface area contributed by atoms with Crippen LogP contribution in [-0.4, -0.2) is 33.4 Å². The van der Waals surface area contributed by atoms with Crippen LogP contribution in [0.2, 0.25) is 39.3 Å².